The molecule has 3 nitrogen and oxygen atoms in total. The van der Waals surface area contributed by atoms with E-state index in [1.54, 1.807) is 0 Å². The fourth-order valence-electron chi connectivity index (χ4n) is 1.80. The monoisotopic (exact) mass is 360 g/mol. The van der Waals surface area contributed by atoms with Gasteiger partial charge < -0.3 is 9.15 Å². The fourth-order valence-corrected chi connectivity index (χ4v) is 1.91. The van der Waals surface area contributed by atoms with Gasteiger partial charge in [-0.2, -0.15) is 0 Å². The van der Waals surface area contributed by atoms with Crippen LogP contribution in [0.1, 0.15) is 39.7 Å². The Bertz CT molecular complexity index is 554. The molecule has 0 saturated carbocycles. The van der Waals surface area contributed by atoms with Gasteiger partial charge in [0.05, 0.1) is 0 Å². The predicted molar refractivity (Wildman–Crippen MR) is 79.2 cm³/mol. The van der Waals surface area contributed by atoms with Gasteiger partial charge in [-0.05, 0) is 45.4 Å². The first-order chi connectivity index (χ1) is 8.26. The van der Waals surface area contributed by atoms with Crippen LogP contribution >= 0.6 is 22.6 Å². The quantitative estimate of drug-likeness (QED) is 0.465. The van der Waals surface area contributed by atoms with Gasteiger partial charge in [-0.1, -0.05) is 29.5 Å². The Morgan fingerprint density at radius 1 is 1.39 bits per heavy atom. The SMILES string of the molecule is CCC(C)(I)C(=O)OC(C)(C)c1cc2ccc1o2. The normalized spacial score (nSPS) is 15.8. The zero-order chi connectivity index (χ0) is 13.6. The second-order valence-electron chi connectivity index (χ2n) is 5.21. The van der Waals surface area contributed by atoms with E-state index in [9.17, 15) is 4.79 Å². The van der Waals surface area contributed by atoms with E-state index in [2.05, 4.69) is 22.6 Å². The molecule has 2 aromatic rings. The Labute approximate surface area is 120 Å². The molecule has 18 heavy (non-hydrogen) atoms. The van der Waals surface area contributed by atoms with E-state index in [4.69, 9.17) is 9.15 Å². The highest BCUT2D eigenvalue weighted by molar-refractivity contribution is 14.1. The van der Waals surface area contributed by atoms with Crippen molar-refractivity contribution >= 4 is 39.7 Å². The zero-order valence-corrected chi connectivity index (χ0v) is 13.2. The van der Waals surface area contributed by atoms with Gasteiger partial charge in [0.15, 0.2) is 0 Å². The van der Waals surface area contributed by atoms with E-state index in [1.807, 2.05) is 45.9 Å². The zero-order valence-electron chi connectivity index (χ0n) is 11.0. The average molecular weight is 360 g/mol. The third-order valence-electron chi connectivity index (χ3n) is 3.26. The molecular formula is C14H17IO3. The van der Waals surface area contributed by atoms with Crippen LogP contribution in [0.4, 0.5) is 0 Å². The van der Waals surface area contributed by atoms with Crippen molar-refractivity contribution in [3.63, 3.8) is 0 Å². The lowest BCUT2D eigenvalue weighted by Crippen LogP contribution is -2.36. The minimum Gasteiger partial charge on any atom is -0.457 e. The number of fused-ring (bicyclic) bond motifs is 2. The molecule has 2 rings (SSSR count). The minimum atomic E-state index is -0.666. The van der Waals surface area contributed by atoms with Gasteiger partial charge in [0.2, 0.25) is 0 Å². The molecule has 0 aliphatic rings. The predicted octanol–water partition coefficient (Wildman–Crippen LogP) is 4.25. The van der Waals surface area contributed by atoms with Crippen molar-refractivity contribution in [2.75, 3.05) is 0 Å². The number of halogens is 1. The molecule has 0 aliphatic carbocycles. The van der Waals surface area contributed by atoms with E-state index >= 15 is 0 Å². The fraction of sp³-hybridized carbons (Fsp3) is 0.500. The van der Waals surface area contributed by atoms with Gasteiger partial charge in [0.1, 0.15) is 20.2 Å². The summed E-state index contributed by atoms with van der Waals surface area (Å²) in [4.78, 5) is 12.1. The maximum Gasteiger partial charge on any atom is 0.322 e. The Morgan fingerprint density at radius 2 is 2.06 bits per heavy atom. The molecule has 0 radical (unpaired) electrons. The van der Waals surface area contributed by atoms with Crippen LogP contribution in [-0.4, -0.2) is 9.39 Å². The third-order valence-corrected chi connectivity index (χ3v) is 4.47. The number of hydrogen-bond acceptors (Lipinski definition) is 3. The van der Waals surface area contributed by atoms with Crippen LogP contribution in [-0.2, 0) is 15.1 Å². The smallest absolute Gasteiger partial charge is 0.322 e. The molecular weight excluding hydrogens is 343 g/mol. The highest BCUT2D eigenvalue weighted by atomic mass is 127. The molecule has 1 atom stereocenters. The highest BCUT2D eigenvalue weighted by Crippen LogP contribution is 2.36. The van der Waals surface area contributed by atoms with Crippen LogP contribution < -0.4 is 0 Å². The molecule has 4 heteroatoms. The minimum absolute atomic E-state index is 0.186. The Balaban J connectivity index is 2.22. The summed E-state index contributed by atoms with van der Waals surface area (Å²) in [5, 5.41) is 0. The summed E-state index contributed by atoms with van der Waals surface area (Å²) in [5.74, 6) is -0.186. The van der Waals surface area contributed by atoms with Gasteiger partial charge in [0.25, 0.3) is 0 Å². The highest BCUT2D eigenvalue weighted by Gasteiger charge is 2.36. The van der Waals surface area contributed by atoms with Crippen molar-refractivity contribution in [3.05, 3.63) is 23.8 Å². The summed E-state index contributed by atoms with van der Waals surface area (Å²) in [6.45, 7) is 7.66. The number of carbonyl (C=O) groups excluding carboxylic acids is 1. The second kappa shape index (κ2) is 4.40. The number of furan rings is 2. The number of esters is 1. The molecule has 2 bridgehead atoms. The molecule has 2 heterocycles. The van der Waals surface area contributed by atoms with Crippen molar-refractivity contribution in [3.8, 4) is 0 Å². The molecule has 98 valence electrons. The van der Waals surface area contributed by atoms with Crippen molar-refractivity contribution in [1.82, 2.24) is 0 Å². The Hall–Kier alpha value is -0.780. The van der Waals surface area contributed by atoms with Crippen molar-refractivity contribution < 1.29 is 13.9 Å². The summed E-state index contributed by atoms with van der Waals surface area (Å²) in [7, 11) is 0. The first-order valence-electron chi connectivity index (χ1n) is 6.01. The van der Waals surface area contributed by atoms with Crippen LogP contribution in [0.25, 0.3) is 11.2 Å². The van der Waals surface area contributed by atoms with E-state index in [1.165, 1.54) is 0 Å². The van der Waals surface area contributed by atoms with Crippen LogP contribution in [0.3, 0.4) is 0 Å². The molecule has 0 fully saturated rings. The van der Waals surface area contributed by atoms with Crippen molar-refractivity contribution in [1.29, 1.82) is 0 Å². The lowest BCUT2D eigenvalue weighted by Gasteiger charge is -2.29. The van der Waals surface area contributed by atoms with Crippen LogP contribution in [0.2, 0.25) is 0 Å². The van der Waals surface area contributed by atoms with Gasteiger partial charge in [-0.15, -0.1) is 0 Å². The lowest BCUT2D eigenvalue weighted by molar-refractivity contribution is -0.159. The summed E-state index contributed by atoms with van der Waals surface area (Å²) < 4.78 is 10.7. The van der Waals surface area contributed by atoms with E-state index in [0.29, 0.717) is 0 Å². The molecule has 0 spiro atoms. The van der Waals surface area contributed by atoms with E-state index in [0.717, 1.165) is 23.2 Å². The van der Waals surface area contributed by atoms with Gasteiger partial charge in [-0.25, -0.2) is 0 Å². The number of rotatable bonds is 4. The van der Waals surface area contributed by atoms with Gasteiger partial charge in [0, 0.05) is 5.56 Å². The second-order valence-corrected chi connectivity index (χ2v) is 7.59. The van der Waals surface area contributed by atoms with E-state index < -0.39 is 9.02 Å². The molecule has 0 amide bonds. The van der Waals surface area contributed by atoms with Crippen LogP contribution in [0.15, 0.2) is 22.6 Å². The number of hydrogen-bond donors (Lipinski definition) is 0. The van der Waals surface area contributed by atoms with Crippen molar-refractivity contribution in [2.24, 2.45) is 0 Å². The van der Waals surface area contributed by atoms with Crippen molar-refractivity contribution in [2.45, 2.75) is 43.1 Å². The number of carbonyl (C=O) groups is 1. The first kappa shape index (κ1) is 13.6. The molecule has 2 aromatic heterocycles. The molecule has 0 N–H and O–H groups in total. The molecule has 0 aromatic carbocycles. The summed E-state index contributed by atoms with van der Waals surface area (Å²) >= 11 is 2.14. The number of ether oxygens (including phenoxy) is 1. The van der Waals surface area contributed by atoms with Gasteiger partial charge >= 0.3 is 5.97 Å². The topological polar surface area (TPSA) is 39.4 Å². The Morgan fingerprint density at radius 3 is 2.50 bits per heavy atom. The number of benzene rings is 1. The maximum atomic E-state index is 12.1. The Kier molecular flexibility index (Phi) is 3.34. The summed E-state index contributed by atoms with van der Waals surface area (Å²) in [6.07, 6.45) is 0.742. The summed E-state index contributed by atoms with van der Waals surface area (Å²) in [6, 6.07) is 5.74. The standard InChI is InChI=1S/C14H17IO3/c1-5-14(4,15)12(16)18-13(2,3)10-8-9-6-7-11(10)17-9/h6-8H,5H2,1-4H3. The lowest BCUT2D eigenvalue weighted by atomic mass is 9.97. The summed E-state index contributed by atoms with van der Waals surface area (Å²) in [5.41, 5.74) is 1.86. The van der Waals surface area contributed by atoms with Crippen LogP contribution in [0.5, 0.6) is 0 Å². The maximum absolute atomic E-state index is 12.1. The van der Waals surface area contributed by atoms with Gasteiger partial charge in [-0.3, -0.25) is 4.79 Å². The third kappa shape index (κ3) is 2.35. The average Bonchev–Trinajstić information content (AvgIpc) is 2.90. The first-order valence-corrected chi connectivity index (χ1v) is 7.09. The van der Waals surface area contributed by atoms with Crippen LogP contribution in [0, 0.1) is 0 Å². The number of alkyl halides is 1. The van der Waals surface area contributed by atoms with E-state index in [-0.39, 0.29) is 5.97 Å². The molecule has 0 aliphatic heterocycles. The largest absolute Gasteiger partial charge is 0.457 e. The molecule has 1 unspecified atom stereocenters. The molecule has 0 saturated heterocycles.